The minimum atomic E-state index is -3.96. The molecular formula is C19H18N6O3S2. The number of nitrogens with zero attached hydrogens (tertiary/aromatic N) is 4. The summed E-state index contributed by atoms with van der Waals surface area (Å²) in [5, 5.41) is 3.20. The molecule has 2 N–H and O–H groups in total. The highest BCUT2D eigenvalue weighted by Gasteiger charge is 2.23. The number of rotatable bonds is 6. The molecule has 0 aliphatic carbocycles. The van der Waals surface area contributed by atoms with Gasteiger partial charge >= 0.3 is 0 Å². The van der Waals surface area contributed by atoms with Crippen molar-refractivity contribution in [1.82, 2.24) is 18.7 Å². The standard InChI is InChI=1S/C19H18N6O3S2/c26-30(27,16-9-3-8-15-17(16)24-29-23-15)25-19-18(20-11-12-5-4-10-28-12)21-13-6-1-2-7-14(13)22-19/h1-3,6-9,12H,4-5,10-11H2,(H,20,21)(H,22,25)/t12-/m1/s1. The zero-order chi connectivity index (χ0) is 20.6. The summed E-state index contributed by atoms with van der Waals surface area (Å²) in [5.41, 5.74) is 2.12. The lowest BCUT2D eigenvalue weighted by atomic mass is 10.2. The second-order valence-electron chi connectivity index (χ2n) is 6.92. The number of sulfonamides is 1. The van der Waals surface area contributed by atoms with E-state index in [1.165, 1.54) is 6.07 Å². The van der Waals surface area contributed by atoms with Gasteiger partial charge in [0.15, 0.2) is 11.6 Å². The maximum atomic E-state index is 13.2. The van der Waals surface area contributed by atoms with Gasteiger partial charge in [0.1, 0.15) is 15.9 Å². The van der Waals surface area contributed by atoms with Crippen LogP contribution in [0.5, 0.6) is 0 Å². The summed E-state index contributed by atoms with van der Waals surface area (Å²) >= 11 is 0.970. The van der Waals surface area contributed by atoms with E-state index in [-0.39, 0.29) is 16.8 Å². The Labute approximate surface area is 176 Å². The largest absolute Gasteiger partial charge is 0.376 e. The molecule has 0 bridgehead atoms. The van der Waals surface area contributed by atoms with Crippen molar-refractivity contribution in [1.29, 1.82) is 0 Å². The van der Waals surface area contributed by atoms with Gasteiger partial charge in [-0.2, -0.15) is 8.75 Å². The third-order valence-electron chi connectivity index (χ3n) is 4.86. The van der Waals surface area contributed by atoms with E-state index in [1.807, 2.05) is 18.2 Å². The first-order valence-electron chi connectivity index (χ1n) is 9.46. The lowest BCUT2D eigenvalue weighted by molar-refractivity contribution is 0.120. The topological polar surface area (TPSA) is 119 Å². The van der Waals surface area contributed by atoms with Crippen molar-refractivity contribution in [2.75, 3.05) is 23.2 Å². The van der Waals surface area contributed by atoms with Crippen molar-refractivity contribution in [2.45, 2.75) is 23.8 Å². The molecule has 0 spiro atoms. The predicted octanol–water partition coefficient (Wildman–Crippen LogP) is 3.03. The van der Waals surface area contributed by atoms with Gasteiger partial charge in [-0.05, 0) is 37.1 Å². The lowest BCUT2D eigenvalue weighted by Crippen LogP contribution is -2.21. The first kappa shape index (κ1) is 19.1. The van der Waals surface area contributed by atoms with Crippen LogP contribution in [0.25, 0.3) is 22.1 Å². The molecular weight excluding hydrogens is 424 g/mol. The predicted molar refractivity (Wildman–Crippen MR) is 115 cm³/mol. The molecule has 0 unspecified atom stereocenters. The van der Waals surface area contributed by atoms with Crippen LogP contribution >= 0.6 is 11.7 Å². The van der Waals surface area contributed by atoms with Crippen LogP contribution in [0.3, 0.4) is 0 Å². The quantitative estimate of drug-likeness (QED) is 0.468. The van der Waals surface area contributed by atoms with E-state index in [9.17, 15) is 8.42 Å². The fourth-order valence-corrected chi connectivity index (χ4v) is 5.17. The summed E-state index contributed by atoms with van der Waals surface area (Å²) < 4.78 is 42.8. The molecule has 4 aromatic rings. The van der Waals surface area contributed by atoms with Crippen molar-refractivity contribution < 1.29 is 13.2 Å². The van der Waals surface area contributed by atoms with Crippen molar-refractivity contribution in [3.8, 4) is 0 Å². The van der Waals surface area contributed by atoms with E-state index in [1.54, 1.807) is 18.2 Å². The van der Waals surface area contributed by atoms with Gasteiger partial charge in [0, 0.05) is 13.2 Å². The molecule has 30 heavy (non-hydrogen) atoms. The average Bonchev–Trinajstić information content (AvgIpc) is 3.43. The Hall–Kier alpha value is -2.89. The highest BCUT2D eigenvalue weighted by atomic mass is 32.2. The Kier molecular flexibility index (Phi) is 4.93. The van der Waals surface area contributed by atoms with Crippen molar-refractivity contribution in [2.24, 2.45) is 0 Å². The number of anilines is 2. The fraction of sp³-hybridized carbons (Fsp3) is 0.263. The van der Waals surface area contributed by atoms with Crippen LogP contribution in [0.2, 0.25) is 0 Å². The summed E-state index contributed by atoms with van der Waals surface area (Å²) in [6.45, 7) is 1.26. The van der Waals surface area contributed by atoms with Crippen molar-refractivity contribution in [3.63, 3.8) is 0 Å². The van der Waals surface area contributed by atoms with Gasteiger partial charge in [-0.25, -0.2) is 18.4 Å². The maximum Gasteiger partial charge on any atom is 0.265 e. The molecule has 3 heterocycles. The average molecular weight is 443 g/mol. The molecule has 154 valence electrons. The molecule has 0 saturated carbocycles. The Bertz CT molecular complexity index is 1320. The number of fused-ring (bicyclic) bond motifs is 2. The Morgan fingerprint density at radius 3 is 2.53 bits per heavy atom. The number of nitrogens with one attached hydrogen (secondary N) is 2. The van der Waals surface area contributed by atoms with Gasteiger partial charge in [0.25, 0.3) is 10.0 Å². The van der Waals surface area contributed by atoms with E-state index < -0.39 is 10.0 Å². The summed E-state index contributed by atoms with van der Waals surface area (Å²) in [6, 6.07) is 12.2. The van der Waals surface area contributed by atoms with E-state index in [4.69, 9.17) is 4.74 Å². The van der Waals surface area contributed by atoms with Gasteiger partial charge in [-0.3, -0.25) is 4.72 Å². The fourth-order valence-electron chi connectivity index (χ4n) is 3.39. The van der Waals surface area contributed by atoms with Gasteiger partial charge < -0.3 is 10.1 Å². The first-order chi connectivity index (χ1) is 14.6. The highest BCUT2D eigenvalue weighted by molar-refractivity contribution is 7.93. The zero-order valence-corrected chi connectivity index (χ0v) is 17.4. The minimum Gasteiger partial charge on any atom is -0.376 e. The molecule has 11 heteroatoms. The molecule has 0 amide bonds. The van der Waals surface area contributed by atoms with Crippen LogP contribution in [-0.2, 0) is 14.8 Å². The molecule has 9 nitrogen and oxygen atoms in total. The van der Waals surface area contributed by atoms with Gasteiger partial charge in [0.2, 0.25) is 0 Å². The molecule has 0 radical (unpaired) electrons. The number of benzene rings is 2. The molecule has 1 aliphatic heterocycles. The minimum absolute atomic E-state index is 0.0498. The summed E-state index contributed by atoms with van der Waals surface area (Å²) in [4.78, 5) is 9.14. The van der Waals surface area contributed by atoms with Gasteiger partial charge in [-0.15, -0.1) is 0 Å². The SMILES string of the molecule is O=S(=O)(Nc1nc2ccccc2nc1NC[C@H]1CCCO1)c1cccc2nsnc12. The van der Waals surface area contributed by atoms with E-state index in [0.29, 0.717) is 34.4 Å². The van der Waals surface area contributed by atoms with Crippen LogP contribution in [0.4, 0.5) is 11.6 Å². The molecule has 1 saturated heterocycles. The van der Waals surface area contributed by atoms with Crippen LogP contribution in [0.1, 0.15) is 12.8 Å². The smallest absolute Gasteiger partial charge is 0.265 e. The summed E-state index contributed by atoms with van der Waals surface area (Å²) in [6.07, 6.45) is 2.03. The first-order valence-corrected chi connectivity index (χ1v) is 11.7. The van der Waals surface area contributed by atoms with Crippen LogP contribution < -0.4 is 10.0 Å². The molecule has 2 aromatic carbocycles. The summed E-state index contributed by atoms with van der Waals surface area (Å²) in [7, 11) is -3.96. The van der Waals surface area contributed by atoms with Gasteiger partial charge in [0.05, 0.1) is 28.9 Å². The molecule has 5 rings (SSSR count). The van der Waals surface area contributed by atoms with E-state index >= 15 is 0 Å². The normalized spacial score (nSPS) is 16.9. The van der Waals surface area contributed by atoms with Crippen LogP contribution in [0, 0.1) is 0 Å². The zero-order valence-electron chi connectivity index (χ0n) is 15.8. The number of hydrogen-bond acceptors (Lipinski definition) is 9. The summed E-state index contributed by atoms with van der Waals surface area (Å²) in [5.74, 6) is 0.489. The number of ether oxygens (including phenoxy) is 1. The maximum absolute atomic E-state index is 13.2. The molecule has 1 aliphatic rings. The second-order valence-corrected chi connectivity index (χ2v) is 9.10. The number of hydrogen-bond donors (Lipinski definition) is 2. The molecule has 1 atom stereocenters. The second kappa shape index (κ2) is 7.74. The van der Waals surface area contributed by atoms with Gasteiger partial charge in [-0.1, -0.05) is 18.2 Å². The van der Waals surface area contributed by atoms with Crippen molar-refractivity contribution >= 4 is 55.5 Å². The third kappa shape index (κ3) is 3.66. The lowest BCUT2D eigenvalue weighted by Gasteiger charge is -2.16. The highest BCUT2D eigenvalue weighted by Crippen LogP contribution is 2.27. The molecule has 2 aromatic heterocycles. The Morgan fingerprint density at radius 2 is 1.77 bits per heavy atom. The van der Waals surface area contributed by atoms with Crippen LogP contribution in [0.15, 0.2) is 47.4 Å². The Morgan fingerprint density at radius 1 is 1.00 bits per heavy atom. The number of aromatic nitrogens is 4. The molecule has 1 fully saturated rings. The third-order valence-corrected chi connectivity index (χ3v) is 6.77. The van der Waals surface area contributed by atoms with Crippen molar-refractivity contribution in [3.05, 3.63) is 42.5 Å². The number of para-hydroxylation sites is 2. The van der Waals surface area contributed by atoms with E-state index in [0.717, 1.165) is 31.2 Å². The van der Waals surface area contributed by atoms with E-state index in [2.05, 4.69) is 28.8 Å². The van der Waals surface area contributed by atoms with Crippen LogP contribution in [-0.4, -0.2) is 46.4 Å². The Balaban J connectivity index is 1.53. The monoisotopic (exact) mass is 442 g/mol.